The second-order valence-electron chi connectivity index (χ2n) is 1.81. The number of nitrogens with two attached hydrogens (primary N) is 1. The standard InChI is InChI=1S/C5H9N3OS2/c1-4-7-8-5(11-4)10-3-2-9-6/h2-3,6H2,1H3. The van der Waals surface area contributed by atoms with Crippen LogP contribution in [0.1, 0.15) is 5.01 Å². The molecule has 0 radical (unpaired) electrons. The van der Waals surface area contributed by atoms with Gasteiger partial charge in [-0.3, -0.25) is 0 Å². The summed E-state index contributed by atoms with van der Waals surface area (Å²) in [7, 11) is 0. The monoisotopic (exact) mass is 191 g/mol. The predicted octanol–water partition coefficient (Wildman–Crippen LogP) is 0.829. The minimum absolute atomic E-state index is 0.545. The number of nitrogens with zero attached hydrogens (tertiary/aromatic N) is 2. The van der Waals surface area contributed by atoms with Gasteiger partial charge >= 0.3 is 0 Å². The van der Waals surface area contributed by atoms with Crippen LogP contribution in [0.15, 0.2) is 4.34 Å². The van der Waals surface area contributed by atoms with Gasteiger partial charge in [-0.1, -0.05) is 23.1 Å². The van der Waals surface area contributed by atoms with Crippen molar-refractivity contribution in [1.29, 1.82) is 0 Å². The van der Waals surface area contributed by atoms with E-state index in [1.165, 1.54) is 0 Å². The Morgan fingerprint density at radius 2 is 2.45 bits per heavy atom. The second-order valence-corrected chi connectivity index (χ2v) is 4.33. The molecule has 0 saturated heterocycles. The molecule has 1 rings (SSSR count). The van der Waals surface area contributed by atoms with E-state index in [9.17, 15) is 0 Å². The highest BCUT2D eigenvalue weighted by Crippen LogP contribution is 2.20. The molecule has 0 aromatic carbocycles. The van der Waals surface area contributed by atoms with Crippen LogP contribution in [-0.4, -0.2) is 22.6 Å². The van der Waals surface area contributed by atoms with E-state index in [1.54, 1.807) is 23.1 Å². The highest BCUT2D eigenvalue weighted by molar-refractivity contribution is 8.01. The Balaban J connectivity index is 2.27. The molecule has 0 aliphatic carbocycles. The maximum Gasteiger partial charge on any atom is 0.174 e. The van der Waals surface area contributed by atoms with Gasteiger partial charge in [0.15, 0.2) is 4.34 Å². The minimum atomic E-state index is 0.545. The van der Waals surface area contributed by atoms with E-state index in [-0.39, 0.29) is 0 Å². The van der Waals surface area contributed by atoms with Gasteiger partial charge in [-0.05, 0) is 6.92 Å². The summed E-state index contributed by atoms with van der Waals surface area (Å²) >= 11 is 3.19. The van der Waals surface area contributed by atoms with Gasteiger partial charge in [-0.2, -0.15) is 0 Å². The van der Waals surface area contributed by atoms with Crippen molar-refractivity contribution >= 4 is 23.1 Å². The molecule has 0 aliphatic heterocycles. The third kappa shape index (κ3) is 3.15. The summed E-state index contributed by atoms with van der Waals surface area (Å²) in [6, 6.07) is 0. The van der Waals surface area contributed by atoms with E-state index in [0.29, 0.717) is 6.61 Å². The lowest BCUT2D eigenvalue weighted by atomic mass is 10.9. The van der Waals surface area contributed by atoms with Crippen LogP contribution < -0.4 is 5.90 Å². The Kier molecular flexibility index (Phi) is 3.78. The first-order chi connectivity index (χ1) is 5.33. The maximum atomic E-state index is 4.85. The summed E-state index contributed by atoms with van der Waals surface area (Å²) in [6.45, 7) is 2.48. The third-order valence-corrected chi connectivity index (χ3v) is 2.87. The summed E-state index contributed by atoms with van der Waals surface area (Å²) < 4.78 is 0.972. The highest BCUT2D eigenvalue weighted by Gasteiger charge is 1.99. The smallest absolute Gasteiger partial charge is 0.174 e. The van der Waals surface area contributed by atoms with E-state index >= 15 is 0 Å². The van der Waals surface area contributed by atoms with Gasteiger partial charge in [0, 0.05) is 5.75 Å². The highest BCUT2D eigenvalue weighted by atomic mass is 32.2. The first-order valence-corrected chi connectivity index (χ1v) is 4.87. The largest absolute Gasteiger partial charge is 0.304 e. The predicted molar refractivity (Wildman–Crippen MR) is 45.5 cm³/mol. The Morgan fingerprint density at radius 1 is 1.64 bits per heavy atom. The molecule has 0 unspecified atom stereocenters. The number of hydrogen-bond acceptors (Lipinski definition) is 6. The summed E-state index contributed by atoms with van der Waals surface area (Å²) in [4.78, 5) is 4.41. The molecule has 4 nitrogen and oxygen atoms in total. The lowest BCUT2D eigenvalue weighted by Gasteiger charge is -1.92. The van der Waals surface area contributed by atoms with Crippen LogP contribution >= 0.6 is 23.1 Å². The van der Waals surface area contributed by atoms with Crippen molar-refractivity contribution in [2.75, 3.05) is 12.4 Å². The molecule has 0 saturated carbocycles. The average molecular weight is 191 g/mol. The van der Waals surface area contributed by atoms with Crippen LogP contribution in [0.4, 0.5) is 0 Å². The second kappa shape index (κ2) is 4.66. The molecule has 11 heavy (non-hydrogen) atoms. The zero-order valence-corrected chi connectivity index (χ0v) is 7.74. The van der Waals surface area contributed by atoms with Gasteiger partial charge in [0.25, 0.3) is 0 Å². The van der Waals surface area contributed by atoms with Crippen molar-refractivity contribution in [2.45, 2.75) is 11.3 Å². The molecule has 0 atom stereocenters. The van der Waals surface area contributed by atoms with Gasteiger partial charge in [-0.25, -0.2) is 5.90 Å². The summed E-state index contributed by atoms with van der Waals surface area (Å²) in [6.07, 6.45) is 0. The Labute approximate surface area is 73.1 Å². The molecule has 0 bridgehead atoms. The zero-order valence-electron chi connectivity index (χ0n) is 6.11. The number of thioether (sulfide) groups is 1. The molecule has 1 aromatic heterocycles. The molecule has 1 heterocycles. The fraction of sp³-hybridized carbons (Fsp3) is 0.600. The molecule has 0 spiro atoms. The van der Waals surface area contributed by atoms with Crippen molar-refractivity contribution in [1.82, 2.24) is 10.2 Å². The molecule has 0 aliphatic rings. The quantitative estimate of drug-likeness (QED) is 0.434. The van der Waals surface area contributed by atoms with Crippen molar-refractivity contribution in [3.63, 3.8) is 0 Å². The van der Waals surface area contributed by atoms with Crippen molar-refractivity contribution < 1.29 is 4.84 Å². The number of aryl methyl sites for hydroxylation is 1. The lowest BCUT2D eigenvalue weighted by Crippen LogP contribution is -2.02. The first-order valence-electron chi connectivity index (χ1n) is 3.07. The van der Waals surface area contributed by atoms with Gasteiger partial charge in [-0.15, -0.1) is 10.2 Å². The zero-order chi connectivity index (χ0) is 8.10. The van der Waals surface area contributed by atoms with Crippen molar-refractivity contribution in [2.24, 2.45) is 5.90 Å². The normalized spacial score (nSPS) is 10.4. The van der Waals surface area contributed by atoms with Crippen LogP contribution in [0.5, 0.6) is 0 Å². The van der Waals surface area contributed by atoms with Crippen LogP contribution in [0.25, 0.3) is 0 Å². The Hall–Kier alpha value is -0.170. The molecule has 6 heteroatoms. The van der Waals surface area contributed by atoms with Crippen molar-refractivity contribution in [3.8, 4) is 0 Å². The topological polar surface area (TPSA) is 61.0 Å². The Bertz CT molecular complexity index is 215. The summed E-state index contributed by atoms with van der Waals surface area (Å²) in [5.74, 6) is 5.68. The van der Waals surface area contributed by atoms with Crippen LogP contribution in [0.3, 0.4) is 0 Å². The molecular formula is C5H9N3OS2. The van der Waals surface area contributed by atoms with E-state index in [0.717, 1.165) is 15.1 Å². The molecule has 62 valence electrons. The molecule has 0 amide bonds. The maximum absolute atomic E-state index is 4.85. The number of rotatable bonds is 4. The van der Waals surface area contributed by atoms with E-state index in [2.05, 4.69) is 15.0 Å². The molecule has 2 N–H and O–H groups in total. The SMILES string of the molecule is Cc1nnc(SCCON)s1. The van der Waals surface area contributed by atoms with Crippen molar-refractivity contribution in [3.05, 3.63) is 5.01 Å². The number of hydrogen-bond donors (Lipinski definition) is 1. The first kappa shape index (κ1) is 8.92. The Morgan fingerprint density at radius 3 is 3.00 bits per heavy atom. The molecule has 0 fully saturated rings. The van der Waals surface area contributed by atoms with Gasteiger partial charge in [0.05, 0.1) is 6.61 Å². The summed E-state index contributed by atoms with van der Waals surface area (Å²) in [5.41, 5.74) is 0. The van der Waals surface area contributed by atoms with Gasteiger partial charge in [0.1, 0.15) is 5.01 Å². The average Bonchev–Trinajstić information content (AvgIpc) is 2.37. The van der Waals surface area contributed by atoms with E-state index in [1.807, 2.05) is 6.92 Å². The fourth-order valence-electron chi connectivity index (χ4n) is 0.514. The molecular weight excluding hydrogens is 182 g/mol. The van der Waals surface area contributed by atoms with E-state index < -0.39 is 0 Å². The van der Waals surface area contributed by atoms with Gasteiger partial charge in [0.2, 0.25) is 0 Å². The minimum Gasteiger partial charge on any atom is -0.304 e. The molecule has 1 aromatic rings. The summed E-state index contributed by atoms with van der Waals surface area (Å²) in [5, 5.41) is 8.78. The lowest BCUT2D eigenvalue weighted by molar-refractivity contribution is 0.155. The van der Waals surface area contributed by atoms with Crippen LogP contribution in [0, 0.1) is 6.92 Å². The van der Waals surface area contributed by atoms with Gasteiger partial charge < -0.3 is 4.84 Å². The van der Waals surface area contributed by atoms with Crippen LogP contribution in [-0.2, 0) is 4.84 Å². The fourth-order valence-corrected chi connectivity index (χ4v) is 2.23. The van der Waals surface area contributed by atoms with Crippen LogP contribution in [0.2, 0.25) is 0 Å². The number of aromatic nitrogens is 2. The van der Waals surface area contributed by atoms with E-state index in [4.69, 9.17) is 5.90 Å². The third-order valence-electron chi connectivity index (χ3n) is 0.934.